The van der Waals surface area contributed by atoms with Crippen LogP contribution in [-0.4, -0.2) is 11.9 Å². The summed E-state index contributed by atoms with van der Waals surface area (Å²) in [6.07, 6.45) is 15.8. The number of benzene rings is 1. The van der Waals surface area contributed by atoms with Crippen LogP contribution in [0.25, 0.3) is 11.8 Å². The second kappa shape index (κ2) is 17.9. The van der Waals surface area contributed by atoms with Crippen LogP contribution in [0.5, 0.6) is 0 Å². The highest BCUT2D eigenvalue weighted by Crippen LogP contribution is 2.40. The Labute approximate surface area is 274 Å². The number of likely N-dealkylation sites (N-methyl/N-ethyl adjacent to an activating group) is 1. The number of hydrogen-bond acceptors (Lipinski definition) is 2. The minimum absolute atomic E-state index is 0.322. The molecule has 1 aromatic rings. The van der Waals surface area contributed by atoms with Crippen LogP contribution in [0.15, 0.2) is 60.4 Å². The highest BCUT2D eigenvalue weighted by atomic mass is 15.1. The minimum atomic E-state index is 0.322. The normalized spacial score (nSPS) is 13.9. The standard InChI is InChI=1S/C40H64N2.C2H6/c1-14-32-26-37(41)33(20-16-15-19-30(6)27-40(11,12)24-18-23-39(8,9)10)25-36(32)31(7)42(13)38-34(28(2)3)21-17-22-35(38)29(4)5;1-2/h14,21,25-26,28-29H,1,6-7,15-20,22-24,27,41H2,2-5,8-13H3;1-2H3. The molecule has 0 aliphatic heterocycles. The van der Waals surface area contributed by atoms with Crippen molar-refractivity contribution < 1.29 is 0 Å². The topological polar surface area (TPSA) is 29.3 Å². The van der Waals surface area contributed by atoms with Crippen LogP contribution < -0.4 is 5.73 Å². The molecular weight excluding hydrogens is 532 g/mol. The second-order valence-corrected chi connectivity index (χ2v) is 15.4. The maximum atomic E-state index is 6.58. The Balaban J connectivity index is 0.00000474. The van der Waals surface area contributed by atoms with Crippen molar-refractivity contribution in [2.75, 3.05) is 12.8 Å². The number of hydrogen-bond donors (Lipinski definition) is 1. The Bertz CT molecular complexity index is 1160. The lowest BCUT2D eigenvalue weighted by Gasteiger charge is -2.35. The van der Waals surface area contributed by atoms with Crippen LogP contribution in [-0.2, 0) is 6.42 Å². The molecule has 1 aliphatic rings. The lowest BCUT2D eigenvalue weighted by Crippen LogP contribution is -2.24. The zero-order valence-corrected chi connectivity index (χ0v) is 31.2. The van der Waals surface area contributed by atoms with Gasteiger partial charge in [-0.15, -0.1) is 0 Å². The molecule has 0 radical (unpaired) electrons. The van der Waals surface area contributed by atoms with Crippen molar-refractivity contribution in [3.8, 4) is 0 Å². The molecule has 0 aromatic heterocycles. The van der Waals surface area contributed by atoms with Gasteiger partial charge < -0.3 is 10.6 Å². The Hall–Kier alpha value is -2.48. The maximum Gasteiger partial charge on any atom is 0.0434 e. The number of nitrogen functional groups attached to an aromatic ring is 1. The van der Waals surface area contributed by atoms with Gasteiger partial charge >= 0.3 is 0 Å². The smallest absolute Gasteiger partial charge is 0.0434 e. The summed E-state index contributed by atoms with van der Waals surface area (Å²) in [7, 11) is 2.18. The highest BCUT2D eigenvalue weighted by molar-refractivity contribution is 5.76. The van der Waals surface area contributed by atoms with Crippen LogP contribution in [0.3, 0.4) is 0 Å². The van der Waals surface area contributed by atoms with Crippen LogP contribution in [0.1, 0.15) is 151 Å². The number of rotatable bonds is 16. The molecule has 0 atom stereocenters. The molecule has 0 saturated carbocycles. The van der Waals surface area contributed by atoms with Gasteiger partial charge in [-0.25, -0.2) is 0 Å². The number of anilines is 1. The molecule has 0 spiro atoms. The first-order valence-corrected chi connectivity index (χ1v) is 17.6. The van der Waals surface area contributed by atoms with E-state index in [0.29, 0.717) is 22.7 Å². The molecule has 2 heteroatoms. The molecule has 0 fully saturated rings. The fourth-order valence-electron chi connectivity index (χ4n) is 6.54. The van der Waals surface area contributed by atoms with Gasteiger partial charge in [0.25, 0.3) is 0 Å². The molecule has 2 rings (SSSR count). The zero-order chi connectivity index (χ0) is 33.8. The fraction of sp³-hybridized carbons (Fsp3) is 0.619. The molecule has 1 aromatic carbocycles. The molecule has 248 valence electrons. The number of nitrogens with two attached hydrogens (primary N) is 1. The van der Waals surface area contributed by atoms with Crippen molar-refractivity contribution in [3.63, 3.8) is 0 Å². The summed E-state index contributed by atoms with van der Waals surface area (Å²) >= 11 is 0. The third-order valence-corrected chi connectivity index (χ3v) is 8.99. The van der Waals surface area contributed by atoms with Gasteiger partial charge in [0.05, 0.1) is 0 Å². The molecule has 0 saturated heterocycles. The molecule has 2 nitrogen and oxygen atoms in total. The van der Waals surface area contributed by atoms with E-state index < -0.39 is 0 Å². The molecule has 1 aliphatic carbocycles. The summed E-state index contributed by atoms with van der Waals surface area (Å²) < 4.78 is 0. The largest absolute Gasteiger partial charge is 0.398 e. The summed E-state index contributed by atoms with van der Waals surface area (Å²) in [6.45, 7) is 38.2. The molecular formula is C42H70N2. The van der Waals surface area contributed by atoms with E-state index in [2.05, 4.69) is 112 Å². The minimum Gasteiger partial charge on any atom is -0.398 e. The van der Waals surface area contributed by atoms with E-state index in [4.69, 9.17) is 5.73 Å². The summed E-state index contributed by atoms with van der Waals surface area (Å²) in [6, 6.07) is 4.36. The third kappa shape index (κ3) is 12.1. The van der Waals surface area contributed by atoms with Gasteiger partial charge in [0, 0.05) is 29.7 Å². The van der Waals surface area contributed by atoms with Gasteiger partial charge in [-0.3, -0.25) is 0 Å². The maximum absolute atomic E-state index is 6.58. The lowest BCUT2D eigenvalue weighted by molar-refractivity contribution is 0.277. The predicted molar refractivity (Wildman–Crippen MR) is 202 cm³/mol. The summed E-state index contributed by atoms with van der Waals surface area (Å²) in [5.74, 6) is 0.969. The van der Waals surface area contributed by atoms with Gasteiger partial charge in [0.15, 0.2) is 0 Å². The van der Waals surface area contributed by atoms with Crippen molar-refractivity contribution in [2.24, 2.45) is 22.7 Å². The van der Waals surface area contributed by atoms with Crippen molar-refractivity contribution >= 4 is 17.5 Å². The Morgan fingerprint density at radius 1 is 0.955 bits per heavy atom. The second-order valence-electron chi connectivity index (χ2n) is 15.4. The molecule has 2 N–H and O–H groups in total. The lowest BCUT2D eigenvalue weighted by atomic mass is 9.78. The van der Waals surface area contributed by atoms with Crippen molar-refractivity contribution in [1.82, 2.24) is 4.90 Å². The van der Waals surface area contributed by atoms with E-state index >= 15 is 0 Å². The Morgan fingerprint density at radius 3 is 2.14 bits per heavy atom. The van der Waals surface area contributed by atoms with Gasteiger partial charge in [-0.05, 0) is 115 Å². The first-order valence-electron chi connectivity index (χ1n) is 17.6. The summed E-state index contributed by atoms with van der Waals surface area (Å²) in [5.41, 5.74) is 18.3. The van der Waals surface area contributed by atoms with Crippen LogP contribution in [0, 0.1) is 22.7 Å². The molecule has 0 bridgehead atoms. The molecule has 0 unspecified atom stereocenters. The van der Waals surface area contributed by atoms with Crippen LogP contribution in [0.2, 0.25) is 0 Å². The van der Waals surface area contributed by atoms with Crippen molar-refractivity contribution in [3.05, 3.63) is 77.1 Å². The third-order valence-electron chi connectivity index (χ3n) is 8.99. The first-order chi connectivity index (χ1) is 20.5. The number of nitrogens with zero attached hydrogens (tertiary/aromatic N) is 1. The van der Waals surface area contributed by atoms with E-state index in [1.165, 1.54) is 47.2 Å². The van der Waals surface area contributed by atoms with Gasteiger partial charge in [-0.1, -0.05) is 120 Å². The van der Waals surface area contributed by atoms with Crippen molar-refractivity contribution in [1.29, 1.82) is 0 Å². The average molecular weight is 603 g/mol. The molecule has 0 amide bonds. The molecule has 44 heavy (non-hydrogen) atoms. The fourth-order valence-corrected chi connectivity index (χ4v) is 6.54. The Morgan fingerprint density at radius 2 is 1.59 bits per heavy atom. The van der Waals surface area contributed by atoms with Gasteiger partial charge in [-0.2, -0.15) is 0 Å². The Kier molecular flexibility index (Phi) is 16.1. The van der Waals surface area contributed by atoms with Crippen LogP contribution in [0.4, 0.5) is 5.69 Å². The van der Waals surface area contributed by atoms with Gasteiger partial charge in [0.2, 0.25) is 0 Å². The summed E-state index contributed by atoms with van der Waals surface area (Å²) in [5, 5.41) is 0. The monoisotopic (exact) mass is 603 g/mol. The van der Waals surface area contributed by atoms with E-state index in [0.717, 1.165) is 67.5 Å². The van der Waals surface area contributed by atoms with Crippen LogP contribution >= 0.6 is 0 Å². The van der Waals surface area contributed by atoms with E-state index in [1.54, 1.807) is 0 Å². The predicted octanol–water partition coefficient (Wildman–Crippen LogP) is 13.0. The molecule has 0 heterocycles. The first kappa shape index (κ1) is 39.5. The number of allylic oxidation sites excluding steroid dienone is 4. The quantitative estimate of drug-likeness (QED) is 0.116. The van der Waals surface area contributed by atoms with E-state index in [9.17, 15) is 0 Å². The zero-order valence-electron chi connectivity index (χ0n) is 31.2. The average Bonchev–Trinajstić information content (AvgIpc) is 2.94. The summed E-state index contributed by atoms with van der Waals surface area (Å²) in [4.78, 5) is 2.33. The van der Waals surface area contributed by atoms with E-state index in [1.807, 2.05) is 19.9 Å². The number of aryl methyl sites for hydroxylation is 1. The van der Waals surface area contributed by atoms with E-state index in [-0.39, 0.29) is 0 Å². The highest BCUT2D eigenvalue weighted by Gasteiger charge is 2.26. The van der Waals surface area contributed by atoms with Crippen molar-refractivity contribution in [2.45, 2.75) is 140 Å². The van der Waals surface area contributed by atoms with Gasteiger partial charge in [0.1, 0.15) is 0 Å². The number of unbranched alkanes of at least 4 members (excludes halogenated alkanes) is 1. The SMILES string of the molecule is C=Cc1cc(N)c(CCCCC(=C)CC(C)(C)CCCC(C)(C)C)cc1C(=C)N(C)C1=C(C(C)C)CCC=C1C(C)C.CC.